The molecule has 1 atom stereocenters. The van der Waals surface area contributed by atoms with Gasteiger partial charge in [0.05, 0.1) is 0 Å². The Bertz CT molecular complexity index is 358. The first-order valence-corrected chi connectivity index (χ1v) is 6.37. The first-order valence-electron chi connectivity index (χ1n) is 5.57. The Morgan fingerprint density at radius 1 is 1.47 bits per heavy atom. The molecule has 0 amide bonds. The van der Waals surface area contributed by atoms with Crippen LogP contribution in [0.15, 0.2) is 22.7 Å². The van der Waals surface area contributed by atoms with E-state index in [1.165, 1.54) is 6.07 Å². The van der Waals surface area contributed by atoms with E-state index in [-0.39, 0.29) is 11.9 Å². The van der Waals surface area contributed by atoms with Crippen molar-refractivity contribution in [3.8, 4) is 0 Å². The van der Waals surface area contributed by atoms with Crippen molar-refractivity contribution in [2.24, 2.45) is 5.84 Å². The van der Waals surface area contributed by atoms with E-state index in [2.05, 4.69) is 26.3 Å². The number of rotatable bonds is 6. The zero-order chi connectivity index (χ0) is 12.8. The molecule has 0 radical (unpaired) electrons. The Labute approximate surface area is 110 Å². The smallest absolute Gasteiger partial charge is 0.123 e. The number of benzene rings is 1. The molecule has 1 aromatic carbocycles. The molecule has 1 unspecified atom stereocenters. The molecule has 96 valence electrons. The van der Waals surface area contributed by atoms with Crippen LogP contribution in [0.1, 0.15) is 12.0 Å². The summed E-state index contributed by atoms with van der Waals surface area (Å²) in [6.07, 6.45) is 1.63. The van der Waals surface area contributed by atoms with Gasteiger partial charge in [0, 0.05) is 10.5 Å². The summed E-state index contributed by atoms with van der Waals surface area (Å²) < 4.78 is 14.1. The molecule has 3 nitrogen and oxygen atoms in total. The summed E-state index contributed by atoms with van der Waals surface area (Å²) in [4.78, 5) is 2.10. The average Bonchev–Trinajstić information content (AvgIpc) is 2.28. The van der Waals surface area contributed by atoms with Crippen molar-refractivity contribution < 1.29 is 4.39 Å². The van der Waals surface area contributed by atoms with Crippen molar-refractivity contribution in [3.05, 3.63) is 34.1 Å². The van der Waals surface area contributed by atoms with Crippen LogP contribution in [0.3, 0.4) is 0 Å². The highest BCUT2D eigenvalue weighted by atomic mass is 79.9. The fourth-order valence-electron chi connectivity index (χ4n) is 1.62. The highest BCUT2D eigenvalue weighted by Crippen LogP contribution is 2.19. The van der Waals surface area contributed by atoms with Crippen molar-refractivity contribution in [3.63, 3.8) is 0 Å². The summed E-state index contributed by atoms with van der Waals surface area (Å²) in [5.41, 5.74) is 3.72. The molecule has 0 fully saturated rings. The Morgan fingerprint density at radius 3 is 2.76 bits per heavy atom. The predicted octanol–water partition coefficient (Wildman–Crippen LogP) is 1.91. The van der Waals surface area contributed by atoms with E-state index >= 15 is 0 Å². The Kier molecular flexibility index (Phi) is 6.05. The lowest BCUT2D eigenvalue weighted by Crippen LogP contribution is -2.38. The van der Waals surface area contributed by atoms with Crippen molar-refractivity contribution >= 4 is 15.9 Å². The Balaban J connectivity index is 2.63. The van der Waals surface area contributed by atoms with Gasteiger partial charge >= 0.3 is 0 Å². The van der Waals surface area contributed by atoms with Crippen LogP contribution in [0.25, 0.3) is 0 Å². The summed E-state index contributed by atoms with van der Waals surface area (Å²) in [6.45, 7) is 0.946. The summed E-state index contributed by atoms with van der Waals surface area (Å²) in [7, 11) is 4.04. The third-order valence-corrected chi connectivity index (χ3v) is 3.41. The van der Waals surface area contributed by atoms with Gasteiger partial charge in [-0.25, -0.2) is 4.39 Å². The maximum absolute atomic E-state index is 13.1. The van der Waals surface area contributed by atoms with Crippen LogP contribution >= 0.6 is 15.9 Å². The lowest BCUT2D eigenvalue weighted by molar-refractivity contribution is 0.358. The first-order chi connectivity index (χ1) is 8.02. The number of nitrogens with zero attached hydrogens (tertiary/aromatic N) is 1. The van der Waals surface area contributed by atoms with Crippen molar-refractivity contribution in [1.29, 1.82) is 0 Å². The van der Waals surface area contributed by atoms with E-state index in [1.807, 2.05) is 14.1 Å². The molecule has 1 aromatic rings. The molecule has 0 saturated carbocycles. The van der Waals surface area contributed by atoms with E-state index < -0.39 is 0 Å². The Morgan fingerprint density at radius 2 is 2.18 bits per heavy atom. The summed E-state index contributed by atoms with van der Waals surface area (Å²) in [5.74, 6) is 5.30. The van der Waals surface area contributed by atoms with Gasteiger partial charge in [0.15, 0.2) is 0 Å². The lowest BCUT2D eigenvalue weighted by atomic mass is 10.0. The molecule has 5 heteroatoms. The van der Waals surface area contributed by atoms with Gasteiger partial charge in [-0.2, -0.15) is 0 Å². The SMILES string of the molecule is CN(C)CCC(Cc1cc(F)ccc1Br)NN. The minimum atomic E-state index is -0.216. The van der Waals surface area contributed by atoms with E-state index in [0.717, 1.165) is 23.0 Å². The second kappa shape index (κ2) is 7.06. The van der Waals surface area contributed by atoms with Crippen LogP contribution < -0.4 is 11.3 Å². The molecule has 3 N–H and O–H groups in total. The van der Waals surface area contributed by atoms with Gasteiger partial charge in [0.25, 0.3) is 0 Å². The monoisotopic (exact) mass is 303 g/mol. The lowest BCUT2D eigenvalue weighted by Gasteiger charge is -2.19. The molecule has 1 rings (SSSR count). The van der Waals surface area contributed by atoms with Crippen LogP contribution in [0, 0.1) is 5.82 Å². The molecule has 0 aliphatic heterocycles. The largest absolute Gasteiger partial charge is 0.309 e. The van der Waals surface area contributed by atoms with Crippen LogP contribution in [-0.2, 0) is 6.42 Å². The van der Waals surface area contributed by atoms with E-state index in [0.29, 0.717) is 6.42 Å². The van der Waals surface area contributed by atoms with Crippen molar-refractivity contribution in [2.75, 3.05) is 20.6 Å². The van der Waals surface area contributed by atoms with Gasteiger partial charge in [-0.1, -0.05) is 15.9 Å². The van der Waals surface area contributed by atoms with Crippen molar-refractivity contribution in [1.82, 2.24) is 10.3 Å². The average molecular weight is 304 g/mol. The minimum absolute atomic E-state index is 0.149. The van der Waals surface area contributed by atoms with Gasteiger partial charge in [-0.15, -0.1) is 0 Å². The maximum atomic E-state index is 13.1. The number of halogens is 2. The van der Waals surface area contributed by atoms with Gasteiger partial charge in [-0.3, -0.25) is 11.3 Å². The predicted molar refractivity (Wildman–Crippen MR) is 72.1 cm³/mol. The van der Waals surface area contributed by atoms with Crippen molar-refractivity contribution in [2.45, 2.75) is 18.9 Å². The molecular weight excluding hydrogens is 285 g/mol. The molecule has 0 spiro atoms. The van der Waals surface area contributed by atoms with E-state index in [4.69, 9.17) is 5.84 Å². The maximum Gasteiger partial charge on any atom is 0.123 e. The molecule has 0 saturated heterocycles. The number of hydrogen-bond acceptors (Lipinski definition) is 3. The first kappa shape index (κ1) is 14.6. The second-order valence-corrected chi connectivity index (χ2v) is 5.25. The van der Waals surface area contributed by atoms with Gasteiger partial charge in [0.1, 0.15) is 5.82 Å². The van der Waals surface area contributed by atoms with E-state index in [9.17, 15) is 4.39 Å². The second-order valence-electron chi connectivity index (χ2n) is 4.40. The van der Waals surface area contributed by atoms with Crippen LogP contribution in [-0.4, -0.2) is 31.6 Å². The number of nitrogens with one attached hydrogen (secondary N) is 1. The number of hydrazine groups is 1. The minimum Gasteiger partial charge on any atom is -0.309 e. The van der Waals surface area contributed by atoms with Crippen LogP contribution in [0.2, 0.25) is 0 Å². The van der Waals surface area contributed by atoms with Gasteiger partial charge in [-0.05, 0) is 57.2 Å². The third kappa shape index (κ3) is 5.12. The zero-order valence-corrected chi connectivity index (χ0v) is 11.8. The standard InChI is InChI=1S/C12H19BrFN3/c1-17(2)6-5-11(16-15)8-9-7-10(14)3-4-12(9)13/h3-4,7,11,16H,5-6,8,15H2,1-2H3. The molecule has 17 heavy (non-hydrogen) atoms. The number of nitrogens with two attached hydrogens (primary N) is 1. The Hall–Kier alpha value is -0.490. The normalized spacial score (nSPS) is 13.1. The molecule has 0 bridgehead atoms. The fourth-order valence-corrected chi connectivity index (χ4v) is 2.03. The summed E-state index contributed by atoms with van der Waals surface area (Å²) >= 11 is 3.42. The van der Waals surface area contributed by atoms with Gasteiger partial charge in [0.2, 0.25) is 0 Å². The highest BCUT2D eigenvalue weighted by Gasteiger charge is 2.11. The van der Waals surface area contributed by atoms with Gasteiger partial charge < -0.3 is 4.90 Å². The summed E-state index contributed by atoms with van der Waals surface area (Å²) in [6, 6.07) is 4.86. The zero-order valence-electron chi connectivity index (χ0n) is 10.2. The molecule has 0 heterocycles. The van der Waals surface area contributed by atoms with Crippen LogP contribution in [0.5, 0.6) is 0 Å². The third-order valence-electron chi connectivity index (χ3n) is 2.63. The van der Waals surface area contributed by atoms with Crippen LogP contribution in [0.4, 0.5) is 4.39 Å². The number of hydrogen-bond donors (Lipinski definition) is 2. The topological polar surface area (TPSA) is 41.3 Å². The highest BCUT2D eigenvalue weighted by molar-refractivity contribution is 9.10. The quantitative estimate of drug-likeness (QED) is 0.623. The molecular formula is C12H19BrFN3. The molecule has 0 aromatic heterocycles. The fraction of sp³-hybridized carbons (Fsp3) is 0.500. The molecule has 0 aliphatic carbocycles. The van der Waals surface area contributed by atoms with E-state index in [1.54, 1.807) is 12.1 Å². The summed E-state index contributed by atoms with van der Waals surface area (Å²) in [5, 5.41) is 0. The molecule has 0 aliphatic rings.